The second-order valence-corrected chi connectivity index (χ2v) is 5.76. The van der Waals surface area contributed by atoms with Crippen molar-refractivity contribution in [3.8, 4) is 0 Å². The minimum Gasteiger partial charge on any atom is -0.379 e. The molecule has 0 bridgehead atoms. The zero-order valence-corrected chi connectivity index (χ0v) is 12.6. The van der Waals surface area contributed by atoms with Gasteiger partial charge in [-0.2, -0.15) is 0 Å². The summed E-state index contributed by atoms with van der Waals surface area (Å²) in [4.78, 5) is 13.9. The number of nitrogens with zero attached hydrogens (tertiary/aromatic N) is 1. The van der Waals surface area contributed by atoms with Gasteiger partial charge in [0.15, 0.2) is 0 Å². The van der Waals surface area contributed by atoms with Crippen LogP contribution in [0.3, 0.4) is 0 Å². The monoisotopic (exact) mass is 284 g/mol. The maximum absolute atomic E-state index is 12.0. The molecule has 1 heterocycles. The fourth-order valence-electron chi connectivity index (χ4n) is 2.50. The Morgan fingerprint density at radius 3 is 2.50 bits per heavy atom. The van der Waals surface area contributed by atoms with Gasteiger partial charge in [-0.15, -0.1) is 0 Å². The minimum absolute atomic E-state index is 0.113. The second-order valence-electron chi connectivity index (χ2n) is 5.76. The molecule has 2 rings (SSSR count). The van der Waals surface area contributed by atoms with Crippen LogP contribution in [0.5, 0.6) is 0 Å². The van der Waals surface area contributed by atoms with E-state index >= 15 is 0 Å². The molecule has 5 nitrogen and oxygen atoms in total. The highest BCUT2D eigenvalue weighted by Crippen LogP contribution is 2.28. The standard InChI is InChI=1S/C15H28N2O3/c1-2-19-9-10-20-12-15(18)17-7-5-14(6-8-17)16-11-13-3-4-13/h13-14,16H,2-12H2,1H3. The summed E-state index contributed by atoms with van der Waals surface area (Å²) in [5, 5.41) is 3.62. The van der Waals surface area contributed by atoms with Crippen molar-refractivity contribution >= 4 is 5.91 Å². The van der Waals surface area contributed by atoms with Gasteiger partial charge in [0, 0.05) is 25.7 Å². The molecule has 0 atom stereocenters. The molecule has 2 fully saturated rings. The van der Waals surface area contributed by atoms with E-state index in [0.717, 1.165) is 31.8 Å². The van der Waals surface area contributed by atoms with E-state index < -0.39 is 0 Å². The van der Waals surface area contributed by atoms with E-state index in [2.05, 4.69) is 5.32 Å². The van der Waals surface area contributed by atoms with E-state index in [1.165, 1.54) is 19.4 Å². The molecule has 0 aromatic heterocycles. The van der Waals surface area contributed by atoms with Crippen molar-refractivity contribution in [2.75, 3.05) is 46.1 Å². The molecule has 0 radical (unpaired) electrons. The zero-order valence-electron chi connectivity index (χ0n) is 12.6. The van der Waals surface area contributed by atoms with Crippen LogP contribution in [0.15, 0.2) is 0 Å². The van der Waals surface area contributed by atoms with Crippen LogP contribution >= 0.6 is 0 Å². The lowest BCUT2D eigenvalue weighted by Crippen LogP contribution is -2.46. The van der Waals surface area contributed by atoms with Crippen LogP contribution in [0.1, 0.15) is 32.6 Å². The number of ether oxygens (including phenoxy) is 2. The van der Waals surface area contributed by atoms with E-state index in [1.807, 2.05) is 11.8 Å². The number of piperidine rings is 1. The summed E-state index contributed by atoms with van der Waals surface area (Å²) in [5.41, 5.74) is 0. The normalized spacial score (nSPS) is 20.4. The van der Waals surface area contributed by atoms with Crippen LogP contribution < -0.4 is 5.32 Å². The van der Waals surface area contributed by atoms with Crippen LogP contribution in [0.2, 0.25) is 0 Å². The molecule has 2 aliphatic rings. The van der Waals surface area contributed by atoms with Crippen molar-refractivity contribution < 1.29 is 14.3 Å². The molecule has 1 amide bonds. The van der Waals surface area contributed by atoms with Gasteiger partial charge in [0.1, 0.15) is 6.61 Å². The predicted octanol–water partition coefficient (Wildman–Crippen LogP) is 1.03. The smallest absolute Gasteiger partial charge is 0.248 e. The topological polar surface area (TPSA) is 50.8 Å². The lowest BCUT2D eigenvalue weighted by Gasteiger charge is -2.32. The Labute approximate surface area is 122 Å². The second kappa shape index (κ2) is 8.60. The van der Waals surface area contributed by atoms with E-state index in [4.69, 9.17) is 9.47 Å². The van der Waals surface area contributed by atoms with Gasteiger partial charge in [-0.25, -0.2) is 0 Å². The summed E-state index contributed by atoms with van der Waals surface area (Å²) in [5.74, 6) is 1.04. The summed E-state index contributed by atoms with van der Waals surface area (Å²) in [6, 6.07) is 0.596. The lowest BCUT2D eigenvalue weighted by atomic mass is 10.0. The van der Waals surface area contributed by atoms with Crippen LogP contribution in [-0.4, -0.2) is 62.9 Å². The number of carbonyl (C=O) groups excluding carboxylic acids is 1. The number of hydrogen-bond donors (Lipinski definition) is 1. The SMILES string of the molecule is CCOCCOCC(=O)N1CCC(NCC2CC2)CC1. The van der Waals surface area contributed by atoms with Gasteiger partial charge in [0.05, 0.1) is 13.2 Å². The molecule has 0 aromatic carbocycles. The molecule has 1 saturated carbocycles. The number of rotatable bonds is 9. The van der Waals surface area contributed by atoms with E-state index in [0.29, 0.717) is 25.9 Å². The van der Waals surface area contributed by atoms with Gasteiger partial charge in [-0.3, -0.25) is 4.79 Å². The molecule has 1 aliphatic carbocycles. The van der Waals surface area contributed by atoms with Crippen molar-refractivity contribution in [1.29, 1.82) is 0 Å². The van der Waals surface area contributed by atoms with Gasteiger partial charge in [-0.1, -0.05) is 0 Å². The number of amides is 1. The third kappa shape index (κ3) is 5.77. The molecule has 5 heteroatoms. The van der Waals surface area contributed by atoms with Gasteiger partial charge in [-0.05, 0) is 45.1 Å². The molecule has 1 aliphatic heterocycles. The Bertz CT molecular complexity index is 287. The molecular formula is C15H28N2O3. The molecule has 116 valence electrons. The first-order valence-electron chi connectivity index (χ1n) is 7.96. The maximum Gasteiger partial charge on any atom is 0.248 e. The van der Waals surface area contributed by atoms with Crippen molar-refractivity contribution in [1.82, 2.24) is 10.2 Å². The van der Waals surface area contributed by atoms with Crippen molar-refractivity contribution in [3.05, 3.63) is 0 Å². The van der Waals surface area contributed by atoms with E-state index in [1.54, 1.807) is 0 Å². The third-order valence-corrected chi connectivity index (χ3v) is 4.04. The fraction of sp³-hybridized carbons (Fsp3) is 0.933. The minimum atomic E-state index is 0.113. The van der Waals surface area contributed by atoms with Crippen LogP contribution in [0.25, 0.3) is 0 Å². The number of hydrogen-bond acceptors (Lipinski definition) is 4. The first kappa shape index (κ1) is 15.7. The fourth-order valence-corrected chi connectivity index (χ4v) is 2.50. The predicted molar refractivity (Wildman–Crippen MR) is 77.6 cm³/mol. The van der Waals surface area contributed by atoms with Crippen LogP contribution in [0, 0.1) is 5.92 Å². The summed E-state index contributed by atoms with van der Waals surface area (Å²) < 4.78 is 10.5. The first-order valence-corrected chi connectivity index (χ1v) is 7.96. The lowest BCUT2D eigenvalue weighted by molar-refractivity contribution is -0.137. The Hall–Kier alpha value is -0.650. The Morgan fingerprint density at radius 1 is 1.15 bits per heavy atom. The van der Waals surface area contributed by atoms with Gasteiger partial charge in [0.25, 0.3) is 0 Å². The Kier molecular flexibility index (Phi) is 6.76. The van der Waals surface area contributed by atoms with Crippen molar-refractivity contribution in [3.63, 3.8) is 0 Å². The molecule has 0 unspecified atom stereocenters. The highest BCUT2D eigenvalue weighted by atomic mass is 16.5. The molecule has 20 heavy (non-hydrogen) atoms. The highest BCUT2D eigenvalue weighted by molar-refractivity contribution is 5.77. The number of likely N-dealkylation sites (tertiary alicyclic amines) is 1. The first-order chi connectivity index (χ1) is 9.79. The molecule has 0 spiro atoms. The average molecular weight is 284 g/mol. The summed E-state index contributed by atoms with van der Waals surface area (Å²) in [6.45, 7) is 6.78. The Morgan fingerprint density at radius 2 is 1.85 bits per heavy atom. The van der Waals surface area contributed by atoms with E-state index in [9.17, 15) is 4.79 Å². The number of nitrogens with one attached hydrogen (secondary N) is 1. The summed E-state index contributed by atoms with van der Waals surface area (Å²) in [6.07, 6.45) is 4.92. The van der Waals surface area contributed by atoms with E-state index in [-0.39, 0.29) is 12.5 Å². The van der Waals surface area contributed by atoms with Crippen molar-refractivity contribution in [2.45, 2.75) is 38.6 Å². The number of carbonyl (C=O) groups is 1. The van der Waals surface area contributed by atoms with Crippen molar-refractivity contribution in [2.24, 2.45) is 5.92 Å². The quantitative estimate of drug-likeness (QED) is 0.643. The maximum atomic E-state index is 12.0. The van der Waals surface area contributed by atoms with Gasteiger partial charge < -0.3 is 19.7 Å². The average Bonchev–Trinajstić information content (AvgIpc) is 3.29. The zero-order chi connectivity index (χ0) is 14.2. The molecule has 0 aromatic rings. The Balaban J connectivity index is 1.51. The molecule has 1 saturated heterocycles. The summed E-state index contributed by atoms with van der Waals surface area (Å²) in [7, 11) is 0. The van der Waals surface area contributed by atoms with Gasteiger partial charge in [0.2, 0.25) is 5.91 Å². The highest BCUT2D eigenvalue weighted by Gasteiger charge is 2.25. The van der Waals surface area contributed by atoms with Crippen LogP contribution in [-0.2, 0) is 14.3 Å². The van der Waals surface area contributed by atoms with Crippen LogP contribution in [0.4, 0.5) is 0 Å². The molecule has 1 N–H and O–H groups in total. The molecular weight excluding hydrogens is 256 g/mol. The largest absolute Gasteiger partial charge is 0.379 e. The third-order valence-electron chi connectivity index (χ3n) is 4.04. The summed E-state index contributed by atoms with van der Waals surface area (Å²) >= 11 is 0. The van der Waals surface area contributed by atoms with Gasteiger partial charge >= 0.3 is 0 Å².